The minimum absolute atomic E-state index is 0.122. The molecule has 0 aliphatic rings. The molecule has 0 aliphatic carbocycles. The molecule has 2 rings (SSSR count). The largest absolute Gasteiger partial charge is 0.487 e. The van der Waals surface area contributed by atoms with Crippen LogP contribution >= 0.6 is 0 Å². The van der Waals surface area contributed by atoms with Crippen molar-refractivity contribution in [3.05, 3.63) is 58.9 Å². The Bertz CT molecular complexity index is 926. The quantitative estimate of drug-likeness (QED) is 0.520. The summed E-state index contributed by atoms with van der Waals surface area (Å²) < 4.78 is 33.0. The maximum absolute atomic E-state index is 14.2. The number of aliphatic carboxylic acids is 2. The fraction of sp³-hybridized carbons (Fsp3) is 0.118. The zero-order valence-electron chi connectivity index (χ0n) is 13.4. The lowest BCUT2D eigenvalue weighted by molar-refractivity contribution is -0.148. The van der Waals surface area contributed by atoms with Gasteiger partial charge in [-0.3, -0.25) is 14.6 Å². The predicted octanol–water partition coefficient (Wildman–Crippen LogP) is 1.40. The maximum Gasteiger partial charge on any atom is 0.377 e. The van der Waals surface area contributed by atoms with Crippen molar-refractivity contribution in [3.8, 4) is 5.75 Å². The van der Waals surface area contributed by atoms with Crippen molar-refractivity contribution in [3.63, 3.8) is 0 Å². The molecule has 0 aliphatic heterocycles. The van der Waals surface area contributed by atoms with Gasteiger partial charge in [-0.15, -0.1) is 0 Å². The van der Waals surface area contributed by atoms with Crippen LogP contribution in [-0.4, -0.2) is 38.7 Å². The van der Waals surface area contributed by atoms with E-state index in [0.29, 0.717) is 0 Å². The Kier molecular flexibility index (Phi) is 5.91. The number of halogens is 2. The molecule has 0 radical (unpaired) electrons. The first kappa shape index (κ1) is 19.6. The molecular formula is C17H11F2NO7. The maximum atomic E-state index is 14.2. The molecule has 1 aromatic heterocycles. The first-order chi connectivity index (χ1) is 12.7. The minimum atomic E-state index is -2.00. The van der Waals surface area contributed by atoms with E-state index < -0.39 is 53.7 Å². The second-order valence-corrected chi connectivity index (χ2v) is 5.21. The Hall–Kier alpha value is -3.69. The van der Waals surface area contributed by atoms with Crippen LogP contribution in [0.4, 0.5) is 8.78 Å². The molecule has 0 spiro atoms. The molecule has 0 atom stereocenters. The lowest BCUT2D eigenvalue weighted by Gasteiger charge is -2.10. The molecule has 1 aromatic carbocycles. The highest BCUT2D eigenvalue weighted by atomic mass is 19.1. The number of nitrogens with zero attached hydrogens (tertiary/aromatic N) is 1. The van der Waals surface area contributed by atoms with Gasteiger partial charge < -0.3 is 14.9 Å². The summed E-state index contributed by atoms with van der Waals surface area (Å²) >= 11 is 0. The Labute approximate surface area is 150 Å². The number of Topliss-reactive ketones (excluding diaryl/α,β-unsaturated/α-hetero) is 2. The Morgan fingerprint density at radius 3 is 2.26 bits per heavy atom. The van der Waals surface area contributed by atoms with Crippen LogP contribution in [0.15, 0.2) is 30.5 Å². The number of rotatable bonds is 8. The van der Waals surface area contributed by atoms with Gasteiger partial charge in [-0.25, -0.2) is 18.4 Å². The lowest BCUT2D eigenvalue weighted by atomic mass is 10.1. The van der Waals surface area contributed by atoms with Crippen LogP contribution in [0.1, 0.15) is 21.6 Å². The zero-order chi connectivity index (χ0) is 20.1. The molecule has 2 N–H and O–H groups in total. The molecule has 8 nitrogen and oxygen atoms in total. The smallest absolute Gasteiger partial charge is 0.377 e. The Balaban J connectivity index is 2.12. The van der Waals surface area contributed by atoms with Crippen molar-refractivity contribution in [1.29, 1.82) is 0 Å². The second-order valence-electron chi connectivity index (χ2n) is 5.21. The summed E-state index contributed by atoms with van der Waals surface area (Å²) in [4.78, 5) is 47.4. The number of carboxylic acids is 2. The van der Waals surface area contributed by atoms with Crippen LogP contribution in [0.25, 0.3) is 0 Å². The van der Waals surface area contributed by atoms with Crippen LogP contribution < -0.4 is 4.74 Å². The van der Waals surface area contributed by atoms with E-state index in [-0.39, 0.29) is 17.0 Å². The number of carboxylic acid groups (broad SMARTS) is 2. The molecule has 0 saturated heterocycles. The van der Waals surface area contributed by atoms with Crippen LogP contribution in [0, 0.1) is 11.6 Å². The lowest BCUT2D eigenvalue weighted by Crippen LogP contribution is -2.18. The number of ether oxygens (including phenoxy) is 1. The van der Waals surface area contributed by atoms with Crippen molar-refractivity contribution < 1.29 is 42.9 Å². The summed E-state index contributed by atoms with van der Waals surface area (Å²) in [5.41, 5.74) is -1.27. The van der Waals surface area contributed by atoms with E-state index in [1.807, 2.05) is 0 Å². The van der Waals surface area contributed by atoms with Crippen LogP contribution in [0.3, 0.4) is 0 Å². The number of carbonyl (C=O) groups excluding carboxylic acids is 2. The first-order valence-electron chi connectivity index (χ1n) is 7.29. The van der Waals surface area contributed by atoms with Crippen molar-refractivity contribution in [2.45, 2.75) is 13.0 Å². The van der Waals surface area contributed by atoms with Crippen LogP contribution in [-0.2, 0) is 27.4 Å². The highest BCUT2D eigenvalue weighted by molar-refractivity contribution is 6.40. The van der Waals surface area contributed by atoms with Gasteiger partial charge in [0.2, 0.25) is 5.78 Å². The Morgan fingerprint density at radius 1 is 1.00 bits per heavy atom. The van der Waals surface area contributed by atoms with E-state index in [1.54, 1.807) is 0 Å². The van der Waals surface area contributed by atoms with Gasteiger partial charge in [0.1, 0.15) is 29.6 Å². The molecule has 27 heavy (non-hydrogen) atoms. The highest BCUT2D eigenvalue weighted by Crippen LogP contribution is 2.20. The van der Waals surface area contributed by atoms with Gasteiger partial charge in [-0.2, -0.15) is 0 Å². The van der Waals surface area contributed by atoms with E-state index in [4.69, 9.17) is 14.9 Å². The van der Waals surface area contributed by atoms with Gasteiger partial charge in [-0.05, 0) is 24.3 Å². The number of benzene rings is 1. The number of ketones is 2. The molecule has 0 saturated carbocycles. The third-order valence-electron chi connectivity index (χ3n) is 3.36. The SMILES string of the molecule is O=C(O)C(=O)Cc1ccc(OCc2ccc(F)c(C(=O)C(=O)O)c2F)cn1. The topological polar surface area (TPSA) is 131 Å². The van der Waals surface area contributed by atoms with E-state index >= 15 is 0 Å². The standard InChI is InChI=1S/C17H11F2NO7/c18-11-4-1-8(14(19)13(11)15(22)17(25)26)7-27-10-3-2-9(20-6-10)5-12(21)16(23)24/h1-4,6H,5,7H2,(H,23,24)(H,25,26). The Morgan fingerprint density at radius 2 is 1.70 bits per heavy atom. The zero-order valence-corrected chi connectivity index (χ0v) is 13.4. The molecule has 1 heterocycles. The van der Waals surface area contributed by atoms with Gasteiger partial charge in [0.25, 0.3) is 5.78 Å². The second kappa shape index (κ2) is 8.13. The van der Waals surface area contributed by atoms with E-state index in [1.165, 1.54) is 12.1 Å². The fourth-order valence-electron chi connectivity index (χ4n) is 2.02. The number of hydrogen-bond donors (Lipinski definition) is 2. The molecule has 0 amide bonds. The van der Waals surface area contributed by atoms with Crippen molar-refractivity contribution in [1.82, 2.24) is 4.98 Å². The molecule has 0 fully saturated rings. The number of aromatic nitrogens is 1. The number of hydrogen-bond acceptors (Lipinski definition) is 6. The predicted molar refractivity (Wildman–Crippen MR) is 83.2 cm³/mol. The number of carbonyl (C=O) groups is 4. The fourth-order valence-corrected chi connectivity index (χ4v) is 2.02. The molecular weight excluding hydrogens is 368 g/mol. The summed E-state index contributed by atoms with van der Waals surface area (Å²) in [7, 11) is 0. The summed E-state index contributed by atoms with van der Waals surface area (Å²) in [5, 5.41) is 17.1. The van der Waals surface area contributed by atoms with Crippen LogP contribution in [0.2, 0.25) is 0 Å². The van der Waals surface area contributed by atoms with Gasteiger partial charge in [0.05, 0.1) is 12.6 Å². The normalized spacial score (nSPS) is 10.3. The monoisotopic (exact) mass is 379 g/mol. The third-order valence-corrected chi connectivity index (χ3v) is 3.36. The van der Waals surface area contributed by atoms with E-state index in [9.17, 15) is 28.0 Å². The molecule has 0 unspecified atom stereocenters. The van der Waals surface area contributed by atoms with Gasteiger partial charge in [0, 0.05) is 11.3 Å². The first-order valence-corrected chi connectivity index (χ1v) is 7.29. The molecule has 140 valence electrons. The number of pyridine rings is 1. The average molecular weight is 379 g/mol. The molecule has 2 aromatic rings. The van der Waals surface area contributed by atoms with Crippen molar-refractivity contribution in [2.75, 3.05) is 0 Å². The molecule has 10 heteroatoms. The van der Waals surface area contributed by atoms with Gasteiger partial charge in [0.15, 0.2) is 0 Å². The van der Waals surface area contributed by atoms with E-state index in [2.05, 4.69) is 4.98 Å². The molecule has 0 bridgehead atoms. The summed E-state index contributed by atoms with van der Waals surface area (Å²) in [6, 6.07) is 4.42. The van der Waals surface area contributed by atoms with E-state index in [0.717, 1.165) is 18.3 Å². The summed E-state index contributed by atoms with van der Waals surface area (Å²) in [6.07, 6.45) is 0.748. The van der Waals surface area contributed by atoms with Crippen LogP contribution in [0.5, 0.6) is 5.75 Å². The minimum Gasteiger partial charge on any atom is -0.487 e. The highest BCUT2D eigenvalue weighted by Gasteiger charge is 2.25. The summed E-state index contributed by atoms with van der Waals surface area (Å²) in [6.45, 7) is -0.457. The third kappa shape index (κ3) is 4.69. The average Bonchev–Trinajstić information content (AvgIpc) is 2.62. The summed E-state index contributed by atoms with van der Waals surface area (Å²) in [5.74, 6) is -8.88. The van der Waals surface area contributed by atoms with Gasteiger partial charge >= 0.3 is 11.9 Å². The van der Waals surface area contributed by atoms with Gasteiger partial charge in [-0.1, -0.05) is 0 Å². The van der Waals surface area contributed by atoms with Crippen molar-refractivity contribution >= 4 is 23.5 Å². The van der Waals surface area contributed by atoms with Crippen molar-refractivity contribution in [2.24, 2.45) is 0 Å².